The number of aliphatic hydroxyl groups excluding tert-OH is 2. The number of azide groups is 1. The van der Waals surface area contributed by atoms with Crippen LogP contribution in [0.4, 0.5) is 0 Å². The molecule has 1 aromatic rings. The molecule has 33 heavy (non-hydrogen) atoms. The van der Waals surface area contributed by atoms with E-state index >= 15 is 0 Å². The van der Waals surface area contributed by atoms with Crippen LogP contribution in [0.25, 0.3) is 10.4 Å². The summed E-state index contributed by atoms with van der Waals surface area (Å²) in [6.07, 6.45) is 8.02. The summed E-state index contributed by atoms with van der Waals surface area (Å²) in [6.45, 7) is 1.58. The van der Waals surface area contributed by atoms with Crippen LogP contribution in [-0.2, 0) is 15.3 Å². The first kappa shape index (κ1) is 26.8. The van der Waals surface area contributed by atoms with Crippen molar-refractivity contribution in [1.82, 2.24) is 9.55 Å². The van der Waals surface area contributed by atoms with E-state index in [1.165, 1.54) is 13.1 Å². The van der Waals surface area contributed by atoms with E-state index in [1.807, 2.05) is 0 Å². The van der Waals surface area contributed by atoms with Crippen molar-refractivity contribution in [1.29, 1.82) is 0 Å². The van der Waals surface area contributed by atoms with Crippen LogP contribution < -0.4 is 11.2 Å². The maximum absolute atomic E-state index is 13.2. The topological polar surface area (TPSA) is 170 Å². The molecular formula is C22H35N5O6. The number of ketones is 1. The highest BCUT2D eigenvalue weighted by Gasteiger charge is 2.52. The van der Waals surface area contributed by atoms with E-state index in [0.29, 0.717) is 13.0 Å². The van der Waals surface area contributed by atoms with Crippen LogP contribution in [0.3, 0.4) is 0 Å². The summed E-state index contributed by atoms with van der Waals surface area (Å²) < 4.78 is 6.81. The van der Waals surface area contributed by atoms with Crippen molar-refractivity contribution in [3.05, 3.63) is 43.0 Å². The van der Waals surface area contributed by atoms with Crippen molar-refractivity contribution in [3.63, 3.8) is 0 Å². The van der Waals surface area contributed by atoms with Gasteiger partial charge in [0.15, 0.2) is 5.78 Å². The molecule has 3 N–H and O–H groups in total. The molecule has 1 aromatic heterocycles. The van der Waals surface area contributed by atoms with Gasteiger partial charge in [-0.05, 0) is 25.3 Å². The SMILES string of the molecule is Cc1cn([C@@]2(C(=O)CCCCCCCCCCCN=[N+]=[N-])C[C@H](O)[C@@H](CO)O2)c(=O)[nH]c1=O. The lowest BCUT2D eigenvalue weighted by Crippen LogP contribution is -2.50. The van der Waals surface area contributed by atoms with Crippen LogP contribution in [0.2, 0.25) is 0 Å². The number of nitrogens with one attached hydrogen (secondary N) is 1. The van der Waals surface area contributed by atoms with Gasteiger partial charge in [-0.3, -0.25) is 19.1 Å². The van der Waals surface area contributed by atoms with Crippen LogP contribution in [-0.4, -0.2) is 50.9 Å². The molecule has 2 heterocycles. The van der Waals surface area contributed by atoms with Crippen LogP contribution in [0, 0.1) is 6.92 Å². The molecule has 0 bridgehead atoms. The number of aromatic nitrogens is 2. The number of H-pyrrole nitrogens is 1. The Morgan fingerprint density at radius 1 is 1.21 bits per heavy atom. The maximum atomic E-state index is 13.2. The summed E-state index contributed by atoms with van der Waals surface area (Å²) >= 11 is 0. The van der Waals surface area contributed by atoms with Gasteiger partial charge in [-0.1, -0.05) is 50.1 Å². The summed E-state index contributed by atoms with van der Waals surface area (Å²) in [5.74, 6) is -0.355. The Bertz CT molecular complexity index is 938. The molecule has 0 radical (unpaired) electrons. The van der Waals surface area contributed by atoms with Crippen LogP contribution in [0.5, 0.6) is 0 Å². The lowest BCUT2D eigenvalue weighted by atomic mass is 9.96. The first-order valence-corrected chi connectivity index (χ1v) is 11.7. The molecule has 1 aliphatic heterocycles. The molecule has 3 atom stereocenters. The molecule has 0 unspecified atom stereocenters. The zero-order valence-corrected chi connectivity index (χ0v) is 19.2. The second-order valence-corrected chi connectivity index (χ2v) is 8.65. The zero-order valence-electron chi connectivity index (χ0n) is 19.2. The normalized spacial score (nSPS) is 22.3. The average Bonchev–Trinajstić information content (AvgIpc) is 3.14. The van der Waals surface area contributed by atoms with Gasteiger partial charge in [-0.2, -0.15) is 0 Å². The molecule has 0 aromatic carbocycles. The first-order valence-electron chi connectivity index (χ1n) is 11.7. The smallest absolute Gasteiger partial charge is 0.331 e. The predicted octanol–water partition coefficient (Wildman–Crippen LogP) is 2.42. The van der Waals surface area contributed by atoms with Crippen molar-refractivity contribution < 1.29 is 19.7 Å². The summed E-state index contributed by atoms with van der Waals surface area (Å²) in [5.41, 5.74) is 5.39. The van der Waals surface area contributed by atoms with Crippen molar-refractivity contribution in [2.45, 2.75) is 95.5 Å². The van der Waals surface area contributed by atoms with Gasteiger partial charge in [-0.25, -0.2) is 4.79 Å². The third-order valence-electron chi connectivity index (χ3n) is 6.11. The molecule has 1 aliphatic rings. The molecule has 11 heteroatoms. The number of aryl methyl sites for hydroxylation is 1. The fourth-order valence-corrected chi connectivity index (χ4v) is 4.20. The minimum absolute atomic E-state index is 0.162. The summed E-state index contributed by atoms with van der Waals surface area (Å²) in [5, 5.41) is 23.3. The molecule has 0 spiro atoms. The number of hydrogen-bond donors (Lipinski definition) is 3. The van der Waals surface area contributed by atoms with Gasteiger partial charge in [0, 0.05) is 36.1 Å². The third kappa shape index (κ3) is 7.26. The molecular weight excluding hydrogens is 430 g/mol. The third-order valence-corrected chi connectivity index (χ3v) is 6.11. The number of ether oxygens (including phenoxy) is 1. The first-order chi connectivity index (χ1) is 15.9. The van der Waals surface area contributed by atoms with Crippen LogP contribution in [0.15, 0.2) is 20.9 Å². The highest BCUT2D eigenvalue weighted by molar-refractivity contribution is 5.85. The lowest BCUT2D eigenvalue weighted by molar-refractivity contribution is -0.162. The van der Waals surface area contributed by atoms with E-state index < -0.39 is 35.8 Å². The number of aromatic amines is 1. The Morgan fingerprint density at radius 3 is 2.39 bits per heavy atom. The van der Waals surface area contributed by atoms with E-state index in [9.17, 15) is 24.6 Å². The number of aliphatic hydroxyl groups is 2. The van der Waals surface area contributed by atoms with E-state index in [4.69, 9.17) is 10.3 Å². The molecule has 1 fully saturated rings. The Kier molecular flexibility index (Phi) is 10.8. The zero-order chi connectivity index (χ0) is 24.3. The second kappa shape index (κ2) is 13.3. The summed E-state index contributed by atoms with van der Waals surface area (Å²) in [6, 6.07) is 0. The highest BCUT2D eigenvalue weighted by atomic mass is 16.6. The van der Waals surface area contributed by atoms with Crippen LogP contribution in [0.1, 0.15) is 76.2 Å². The van der Waals surface area contributed by atoms with E-state index in [0.717, 1.165) is 55.9 Å². The minimum Gasteiger partial charge on any atom is -0.394 e. The average molecular weight is 466 g/mol. The summed E-state index contributed by atoms with van der Waals surface area (Å²) in [7, 11) is 0. The summed E-state index contributed by atoms with van der Waals surface area (Å²) in [4.78, 5) is 42.4. The van der Waals surface area contributed by atoms with Gasteiger partial charge in [0.05, 0.1) is 12.7 Å². The molecule has 184 valence electrons. The highest BCUT2D eigenvalue weighted by Crippen LogP contribution is 2.36. The molecule has 0 saturated carbocycles. The number of carbonyl (C=O) groups is 1. The van der Waals surface area contributed by atoms with Crippen molar-refractivity contribution in [3.8, 4) is 0 Å². The maximum Gasteiger partial charge on any atom is 0.331 e. The van der Waals surface area contributed by atoms with Gasteiger partial charge in [0.1, 0.15) is 6.10 Å². The second-order valence-electron chi connectivity index (χ2n) is 8.65. The number of carbonyl (C=O) groups excluding carboxylic acids is 1. The van der Waals surface area contributed by atoms with Crippen molar-refractivity contribution >= 4 is 5.78 Å². The number of nitrogens with zero attached hydrogens (tertiary/aromatic N) is 4. The lowest BCUT2D eigenvalue weighted by Gasteiger charge is -2.29. The number of unbranched alkanes of at least 4 members (excludes halogenated alkanes) is 8. The van der Waals surface area contributed by atoms with E-state index in [2.05, 4.69) is 15.0 Å². The standard InChI is InChI=1S/C22H35N5O6/c1-16-14-27(21(32)25-20(16)31)22(13-17(29)18(15-28)33-22)19(30)11-9-7-5-3-2-4-6-8-10-12-24-26-23/h14,17-18,28-29H,2-13,15H2,1H3,(H,25,31,32)/t17-,18+,22-/m0/s1. The largest absolute Gasteiger partial charge is 0.394 e. The van der Waals surface area contributed by atoms with Crippen LogP contribution >= 0.6 is 0 Å². The minimum atomic E-state index is -1.74. The van der Waals surface area contributed by atoms with E-state index in [-0.39, 0.29) is 24.2 Å². The van der Waals surface area contributed by atoms with Crippen molar-refractivity contribution in [2.24, 2.45) is 5.11 Å². The van der Waals surface area contributed by atoms with Gasteiger partial charge in [-0.15, -0.1) is 0 Å². The fraction of sp³-hybridized carbons (Fsp3) is 0.773. The Morgan fingerprint density at radius 2 is 1.82 bits per heavy atom. The van der Waals surface area contributed by atoms with E-state index in [1.54, 1.807) is 0 Å². The van der Waals surface area contributed by atoms with Gasteiger partial charge in [0.2, 0.25) is 5.72 Å². The molecule has 2 rings (SSSR count). The monoisotopic (exact) mass is 465 g/mol. The van der Waals surface area contributed by atoms with Gasteiger partial charge >= 0.3 is 5.69 Å². The van der Waals surface area contributed by atoms with Gasteiger partial charge in [0.25, 0.3) is 5.56 Å². The van der Waals surface area contributed by atoms with Crippen molar-refractivity contribution in [2.75, 3.05) is 13.2 Å². The molecule has 0 amide bonds. The Balaban J connectivity index is 1.87. The molecule has 1 saturated heterocycles. The van der Waals surface area contributed by atoms with Gasteiger partial charge < -0.3 is 14.9 Å². The predicted molar refractivity (Wildman–Crippen MR) is 122 cm³/mol. The number of Topliss-reactive ketones (excluding diaryl/α,β-unsaturated/α-hetero) is 1. The quantitative estimate of drug-likeness (QED) is 0.155. The number of hydrogen-bond acceptors (Lipinski definition) is 7. The Labute approximate surface area is 192 Å². The molecule has 11 nitrogen and oxygen atoms in total. The number of rotatable bonds is 15. The molecule has 0 aliphatic carbocycles. The Hall–Kier alpha value is -2.46. The fourth-order valence-electron chi connectivity index (χ4n) is 4.20.